The van der Waals surface area contributed by atoms with Gasteiger partial charge in [0.05, 0.1) is 5.56 Å². The first-order valence-electron chi connectivity index (χ1n) is 5.46. The molecule has 1 N–H and O–H groups in total. The molecule has 1 amide bonds. The maximum atomic E-state index is 12.1. The van der Waals surface area contributed by atoms with E-state index < -0.39 is 24.5 Å². The fourth-order valence-electron chi connectivity index (χ4n) is 1.99. The number of hydrogen-bond donors (Lipinski definition) is 1. The van der Waals surface area contributed by atoms with Crippen LogP contribution in [-0.4, -0.2) is 28.1 Å². The average molecular weight is 273 g/mol. The molecule has 0 unspecified atom stereocenters. The van der Waals surface area contributed by atoms with Crippen LogP contribution in [0.15, 0.2) is 18.2 Å². The lowest BCUT2D eigenvalue weighted by Crippen LogP contribution is -2.29. The fourth-order valence-corrected chi connectivity index (χ4v) is 1.99. The molecule has 0 fully saturated rings. The first-order valence-corrected chi connectivity index (χ1v) is 5.46. The van der Waals surface area contributed by atoms with Gasteiger partial charge >= 0.3 is 12.1 Å². The normalized spacial score (nSPS) is 14.4. The number of halogens is 3. The second kappa shape index (κ2) is 4.56. The highest BCUT2D eigenvalue weighted by atomic mass is 19.4. The second-order valence-electron chi connectivity index (χ2n) is 4.33. The lowest BCUT2D eigenvalue weighted by Gasteiger charge is -2.16. The average Bonchev–Trinajstić information content (AvgIpc) is 2.68. The van der Waals surface area contributed by atoms with E-state index in [9.17, 15) is 22.8 Å². The number of carbonyl (C=O) groups is 2. The van der Waals surface area contributed by atoms with E-state index in [1.165, 1.54) is 18.2 Å². The van der Waals surface area contributed by atoms with Crippen molar-refractivity contribution >= 4 is 11.9 Å². The number of rotatable bonds is 2. The number of alkyl halides is 3. The number of nitrogens with zero attached hydrogens (tertiary/aromatic N) is 1. The van der Waals surface area contributed by atoms with Crippen molar-refractivity contribution in [2.24, 2.45) is 0 Å². The van der Waals surface area contributed by atoms with E-state index in [0.29, 0.717) is 11.1 Å². The molecule has 0 aliphatic carbocycles. The molecule has 0 bridgehead atoms. The van der Waals surface area contributed by atoms with E-state index in [4.69, 9.17) is 5.11 Å². The zero-order chi connectivity index (χ0) is 14.2. The van der Waals surface area contributed by atoms with E-state index in [0.717, 1.165) is 4.90 Å². The topological polar surface area (TPSA) is 57.6 Å². The van der Waals surface area contributed by atoms with Crippen molar-refractivity contribution in [1.29, 1.82) is 0 Å². The van der Waals surface area contributed by atoms with E-state index >= 15 is 0 Å². The van der Waals surface area contributed by atoms with E-state index in [1.54, 1.807) is 0 Å². The monoisotopic (exact) mass is 273 g/mol. The SMILES string of the molecule is O=C(O)c1ccc2c(c1)CN(C(=O)CC(F)(F)F)C2. The summed E-state index contributed by atoms with van der Waals surface area (Å²) >= 11 is 0. The number of amides is 1. The van der Waals surface area contributed by atoms with Crippen LogP contribution in [0.2, 0.25) is 0 Å². The first-order chi connectivity index (χ1) is 8.76. The van der Waals surface area contributed by atoms with Crippen LogP contribution in [0.3, 0.4) is 0 Å². The molecule has 1 aliphatic rings. The van der Waals surface area contributed by atoms with E-state index in [2.05, 4.69) is 0 Å². The largest absolute Gasteiger partial charge is 0.478 e. The van der Waals surface area contributed by atoms with Gasteiger partial charge in [-0.2, -0.15) is 13.2 Å². The predicted octanol–water partition coefficient (Wildman–Crippen LogP) is 2.18. The number of carboxylic acids is 1. The predicted molar refractivity (Wildman–Crippen MR) is 58.3 cm³/mol. The summed E-state index contributed by atoms with van der Waals surface area (Å²) in [5.41, 5.74) is 1.32. The lowest BCUT2D eigenvalue weighted by molar-refractivity contribution is -0.161. The molecule has 102 valence electrons. The molecule has 2 rings (SSSR count). The van der Waals surface area contributed by atoms with Crippen LogP contribution in [-0.2, 0) is 17.9 Å². The molecule has 1 heterocycles. The summed E-state index contributed by atoms with van der Waals surface area (Å²) in [6, 6.07) is 4.29. The molecule has 0 spiro atoms. The highest BCUT2D eigenvalue weighted by molar-refractivity contribution is 5.88. The van der Waals surface area contributed by atoms with Gasteiger partial charge in [-0.25, -0.2) is 4.79 Å². The molecule has 19 heavy (non-hydrogen) atoms. The maximum absolute atomic E-state index is 12.1. The minimum absolute atomic E-state index is 0.0192. The molecule has 7 heteroatoms. The molecule has 1 aromatic carbocycles. The van der Waals surface area contributed by atoms with Crippen molar-refractivity contribution in [1.82, 2.24) is 4.90 Å². The highest BCUT2D eigenvalue weighted by Gasteiger charge is 2.35. The van der Waals surface area contributed by atoms with Gasteiger partial charge in [0, 0.05) is 13.1 Å². The van der Waals surface area contributed by atoms with Crippen LogP contribution >= 0.6 is 0 Å². The van der Waals surface area contributed by atoms with Gasteiger partial charge in [-0.15, -0.1) is 0 Å². The minimum atomic E-state index is -4.53. The van der Waals surface area contributed by atoms with Crippen LogP contribution in [0.5, 0.6) is 0 Å². The number of carboxylic acid groups (broad SMARTS) is 1. The fraction of sp³-hybridized carbons (Fsp3) is 0.333. The van der Waals surface area contributed by atoms with Crippen LogP contribution in [0, 0.1) is 0 Å². The van der Waals surface area contributed by atoms with Crippen LogP contribution < -0.4 is 0 Å². The molecule has 0 atom stereocenters. The van der Waals surface area contributed by atoms with Gasteiger partial charge in [0.25, 0.3) is 0 Å². The number of fused-ring (bicyclic) bond motifs is 1. The Morgan fingerprint density at radius 2 is 1.84 bits per heavy atom. The van der Waals surface area contributed by atoms with Crippen molar-refractivity contribution in [2.45, 2.75) is 25.7 Å². The standard InChI is InChI=1S/C12H10F3NO3/c13-12(14,15)4-10(17)16-5-8-2-1-7(11(18)19)3-9(8)6-16/h1-3H,4-6H2,(H,18,19). The molecule has 4 nitrogen and oxygen atoms in total. The van der Waals surface area contributed by atoms with Crippen LogP contribution in [0.25, 0.3) is 0 Å². The third kappa shape index (κ3) is 3.04. The van der Waals surface area contributed by atoms with Crippen molar-refractivity contribution in [2.75, 3.05) is 0 Å². The molecular formula is C12H10F3NO3. The Balaban J connectivity index is 2.12. The maximum Gasteiger partial charge on any atom is 0.397 e. The summed E-state index contributed by atoms with van der Waals surface area (Å²) < 4.78 is 36.4. The number of hydrogen-bond acceptors (Lipinski definition) is 2. The summed E-state index contributed by atoms with van der Waals surface area (Å²) in [5.74, 6) is -2.11. The highest BCUT2D eigenvalue weighted by Crippen LogP contribution is 2.27. The van der Waals surface area contributed by atoms with Gasteiger partial charge in [0.15, 0.2) is 0 Å². The van der Waals surface area contributed by atoms with Gasteiger partial charge in [0.1, 0.15) is 6.42 Å². The third-order valence-electron chi connectivity index (χ3n) is 2.88. The van der Waals surface area contributed by atoms with Gasteiger partial charge in [0.2, 0.25) is 5.91 Å². The van der Waals surface area contributed by atoms with E-state index in [-0.39, 0.29) is 18.7 Å². The Hall–Kier alpha value is -2.05. The zero-order valence-corrected chi connectivity index (χ0v) is 9.70. The Bertz CT molecular complexity index is 540. The van der Waals surface area contributed by atoms with Gasteiger partial charge in [-0.05, 0) is 23.3 Å². The molecular weight excluding hydrogens is 263 g/mol. The second-order valence-corrected chi connectivity index (χ2v) is 4.33. The van der Waals surface area contributed by atoms with Crippen molar-refractivity contribution in [3.63, 3.8) is 0 Å². The molecule has 0 radical (unpaired) electrons. The Labute approximate surface area is 106 Å². The third-order valence-corrected chi connectivity index (χ3v) is 2.88. The van der Waals surface area contributed by atoms with Crippen LogP contribution in [0.4, 0.5) is 13.2 Å². The first kappa shape index (κ1) is 13.4. The lowest BCUT2D eigenvalue weighted by atomic mass is 10.1. The van der Waals surface area contributed by atoms with Crippen molar-refractivity contribution in [3.8, 4) is 0 Å². The molecule has 0 saturated heterocycles. The summed E-state index contributed by atoms with van der Waals surface area (Å²) in [5, 5.41) is 8.81. The quantitative estimate of drug-likeness (QED) is 0.898. The minimum Gasteiger partial charge on any atom is -0.478 e. The Morgan fingerprint density at radius 1 is 1.21 bits per heavy atom. The molecule has 0 saturated carbocycles. The Morgan fingerprint density at radius 3 is 2.42 bits per heavy atom. The summed E-state index contributed by atoms with van der Waals surface area (Å²) in [4.78, 5) is 23.3. The van der Waals surface area contributed by atoms with Gasteiger partial charge in [-0.3, -0.25) is 4.79 Å². The summed E-state index contributed by atoms with van der Waals surface area (Å²) in [6.45, 7) is 0.107. The van der Waals surface area contributed by atoms with Gasteiger partial charge < -0.3 is 10.0 Å². The zero-order valence-electron chi connectivity index (χ0n) is 9.70. The summed E-state index contributed by atoms with van der Waals surface area (Å²) in [7, 11) is 0. The van der Waals surface area contributed by atoms with Crippen molar-refractivity contribution in [3.05, 3.63) is 34.9 Å². The smallest absolute Gasteiger partial charge is 0.397 e. The van der Waals surface area contributed by atoms with Gasteiger partial charge in [-0.1, -0.05) is 6.07 Å². The van der Waals surface area contributed by atoms with Crippen molar-refractivity contribution < 1.29 is 27.9 Å². The number of aromatic carboxylic acids is 1. The van der Waals surface area contributed by atoms with Crippen LogP contribution in [0.1, 0.15) is 27.9 Å². The Kier molecular flexibility index (Phi) is 3.21. The molecule has 0 aromatic heterocycles. The molecule has 1 aromatic rings. The summed E-state index contributed by atoms with van der Waals surface area (Å²) in [6.07, 6.45) is -6.02. The number of benzene rings is 1. The number of carbonyl (C=O) groups excluding carboxylic acids is 1. The van der Waals surface area contributed by atoms with E-state index in [1.807, 2.05) is 0 Å². The molecule has 1 aliphatic heterocycles.